The van der Waals surface area contributed by atoms with Crippen molar-refractivity contribution in [2.75, 3.05) is 0 Å². The van der Waals surface area contributed by atoms with E-state index in [4.69, 9.17) is 19.9 Å². The molecule has 0 fully saturated rings. The zero-order valence-corrected chi connectivity index (χ0v) is 21.6. The zero-order valence-electron chi connectivity index (χ0n) is 21.6. The maximum absolute atomic E-state index is 13.9. The van der Waals surface area contributed by atoms with Gasteiger partial charge in [0.2, 0.25) is 0 Å². The van der Waals surface area contributed by atoms with Gasteiger partial charge in [0.1, 0.15) is 11.7 Å². The molecule has 0 atom stereocenters. The first-order valence-corrected chi connectivity index (χ1v) is 13.2. The summed E-state index contributed by atoms with van der Waals surface area (Å²) in [5, 5.41) is 0. The first kappa shape index (κ1) is 23.9. The first-order valence-electron chi connectivity index (χ1n) is 13.2. The third kappa shape index (κ3) is 4.50. The summed E-state index contributed by atoms with van der Waals surface area (Å²) in [6.45, 7) is 0. The molecule has 192 valence electrons. The van der Waals surface area contributed by atoms with Gasteiger partial charge in [-0.15, -0.1) is 0 Å². The van der Waals surface area contributed by atoms with Crippen molar-refractivity contribution in [3.63, 3.8) is 0 Å². The van der Waals surface area contributed by atoms with Gasteiger partial charge in [-0.25, -0.2) is 24.3 Å². The van der Waals surface area contributed by atoms with Gasteiger partial charge in [-0.1, -0.05) is 91.0 Å². The highest BCUT2D eigenvalue weighted by atomic mass is 19.1. The van der Waals surface area contributed by atoms with Gasteiger partial charge >= 0.3 is 0 Å². The molecule has 6 heteroatoms. The number of rotatable bonds is 5. The number of aromatic nitrogens is 5. The molecule has 0 bridgehead atoms. The van der Waals surface area contributed by atoms with E-state index in [1.54, 1.807) is 6.08 Å². The van der Waals surface area contributed by atoms with Crippen LogP contribution in [0.5, 0.6) is 0 Å². The van der Waals surface area contributed by atoms with E-state index in [9.17, 15) is 4.39 Å². The summed E-state index contributed by atoms with van der Waals surface area (Å²) in [5.74, 6) is 2.51. The van der Waals surface area contributed by atoms with Crippen LogP contribution in [0.2, 0.25) is 0 Å². The Morgan fingerprint density at radius 2 is 1.10 bits per heavy atom. The zero-order chi connectivity index (χ0) is 26.9. The number of fused-ring (bicyclic) bond motifs is 1. The molecule has 7 rings (SSSR count). The Bertz CT molecular complexity index is 1850. The second kappa shape index (κ2) is 10.2. The summed E-state index contributed by atoms with van der Waals surface area (Å²) in [5.41, 5.74) is 6.51. The summed E-state index contributed by atoms with van der Waals surface area (Å²) in [6.07, 6.45) is 4.39. The van der Waals surface area contributed by atoms with Gasteiger partial charge in [-0.05, 0) is 36.8 Å². The van der Waals surface area contributed by atoms with E-state index < -0.39 is 0 Å². The van der Waals surface area contributed by atoms with E-state index in [1.165, 1.54) is 0 Å². The van der Waals surface area contributed by atoms with E-state index >= 15 is 0 Å². The van der Waals surface area contributed by atoms with Gasteiger partial charge in [0.15, 0.2) is 17.5 Å². The number of hydrogen-bond acceptors (Lipinski definition) is 4. The van der Waals surface area contributed by atoms with Crippen LogP contribution < -0.4 is 0 Å². The summed E-state index contributed by atoms with van der Waals surface area (Å²) in [6, 6.07) is 36.0. The van der Waals surface area contributed by atoms with E-state index in [0.29, 0.717) is 30.3 Å². The molecule has 0 amide bonds. The average molecular weight is 522 g/mol. The summed E-state index contributed by atoms with van der Waals surface area (Å²) >= 11 is 0. The quantitative estimate of drug-likeness (QED) is 0.229. The van der Waals surface area contributed by atoms with Crippen LogP contribution in [-0.4, -0.2) is 24.5 Å². The minimum absolute atomic E-state index is 0.102. The minimum atomic E-state index is -0.102. The predicted octanol–water partition coefficient (Wildman–Crippen LogP) is 8.38. The van der Waals surface area contributed by atoms with Crippen molar-refractivity contribution >= 4 is 16.7 Å². The number of para-hydroxylation sites is 2. The van der Waals surface area contributed by atoms with Crippen molar-refractivity contribution in [3.8, 4) is 45.6 Å². The molecule has 0 radical (unpaired) electrons. The Hall–Kier alpha value is -5.23. The molecule has 2 aromatic heterocycles. The van der Waals surface area contributed by atoms with Crippen LogP contribution in [-0.2, 0) is 0 Å². The van der Waals surface area contributed by atoms with Crippen LogP contribution in [0.15, 0.2) is 127 Å². The molecule has 1 aliphatic carbocycles. The lowest BCUT2D eigenvalue weighted by Gasteiger charge is -2.16. The van der Waals surface area contributed by atoms with Crippen LogP contribution in [0.25, 0.3) is 62.3 Å². The van der Waals surface area contributed by atoms with Gasteiger partial charge in [0, 0.05) is 34.4 Å². The Morgan fingerprint density at radius 3 is 1.75 bits per heavy atom. The summed E-state index contributed by atoms with van der Waals surface area (Å²) < 4.78 is 16.0. The van der Waals surface area contributed by atoms with Crippen molar-refractivity contribution in [2.24, 2.45) is 0 Å². The van der Waals surface area contributed by atoms with Crippen molar-refractivity contribution in [1.29, 1.82) is 0 Å². The molecule has 0 unspecified atom stereocenters. The summed E-state index contributed by atoms with van der Waals surface area (Å²) in [7, 11) is 0. The first-order chi connectivity index (χ1) is 19.7. The Labute approximate surface area is 231 Å². The minimum Gasteiger partial charge on any atom is -0.296 e. The van der Waals surface area contributed by atoms with Crippen LogP contribution >= 0.6 is 0 Å². The Balaban J connectivity index is 1.39. The fourth-order valence-corrected chi connectivity index (χ4v) is 5.03. The highest BCUT2D eigenvalue weighted by Crippen LogP contribution is 2.34. The van der Waals surface area contributed by atoms with Crippen LogP contribution in [0.4, 0.5) is 4.39 Å². The number of nitrogens with zero attached hydrogens (tertiary/aromatic N) is 5. The van der Waals surface area contributed by atoms with Crippen LogP contribution in [0.1, 0.15) is 12.8 Å². The fourth-order valence-electron chi connectivity index (χ4n) is 5.03. The normalized spacial score (nSPS) is 13.2. The van der Waals surface area contributed by atoms with Gasteiger partial charge in [0.05, 0.1) is 11.0 Å². The Morgan fingerprint density at radius 1 is 0.525 bits per heavy atom. The van der Waals surface area contributed by atoms with Crippen LogP contribution in [0.3, 0.4) is 0 Å². The molecule has 40 heavy (non-hydrogen) atoms. The van der Waals surface area contributed by atoms with Gasteiger partial charge < -0.3 is 0 Å². The molecule has 4 aromatic carbocycles. The number of imidazole rings is 1. The van der Waals surface area contributed by atoms with Crippen molar-refractivity contribution in [2.45, 2.75) is 12.8 Å². The third-order valence-corrected chi connectivity index (χ3v) is 7.00. The van der Waals surface area contributed by atoms with Gasteiger partial charge in [0.25, 0.3) is 0 Å². The predicted molar refractivity (Wildman–Crippen MR) is 158 cm³/mol. The standard InChI is InChI=1S/C34H24FN5/c35-27-18-20-28(21-19-27)40-30-17-8-7-16-29(30)36-34(40)26-15-9-14-25(22-26)33-38-31(23-10-3-1-4-11-23)37-32(39-33)24-12-5-2-6-13-24/h1-18,20,22H,19,21H2. The smallest absolute Gasteiger partial charge is 0.164 e. The van der Waals surface area contributed by atoms with Crippen molar-refractivity contribution in [1.82, 2.24) is 24.5 Å². The molecule has 0 N–H and O–H groups in total. The maximum atomic E-state index is 13.9. The fraction of sp³-hybridized carbons (Fsp3) is 0.0588. The maximum Gasteiger partial charge on any atom is 0.164 e. The lowest BCUT2D eigenvalue weighted by molar-refractivity contribution is 0.587. The SMILES string of the molecule is FC1=CC=C(n2c(-c3cccc(-c4nc(-c5ccccc5)nc(-c5ccccc5)n4)c3)nc3ccccc32)CC1. The lowest BCUT2D eigenvalue weighted by Crippen LogP contribution is -2.03. The number of halogens is 1. The lowest BCUT2D eigenvalue weighted by atomic mass is 10.1. The molecule has 5 nitrogen and oxygen atoms in total. The molecular weight excluding hydrogens is 497 g/mol. The third-order valence-electron chi connectivity index (χ3n) is 7.00. The van der Waals surface area contributed by atoms with E-state index in [2.05, 4.69) is 16.7 Å². The molecule has 0 aliphatic heterocycles. The second-order valence-corrected chi connectivity index (χ2v) is 9.65. The van der Waals surface area contributed by atoms with Gasteiger partial charge in [-0.2, -0.15) is 0 Å². The number of hydrogen-bond donors (Lipinski definition) is 0. The largest absolute Gasteiger partial charge is 0.296 e. The molecule has 1 aliphatic rings. The van der Waals surface area contributed by atoms with Gasteiger partial charge in [-0.3, -0.25) is 4.57 Å². The highest BCUT2D eigenvalue weighted by molar-refractivity contribution is 5.86. The monoisotopic (exact) mass is 521 g/mol. The van der Waals surface area contributed by atoms with E-state index in [0.717, 1.165) is 44.8 Å². The van der Waals surface area contributed by atoms with E-state index in [1.807, 2.05) is 103 Å². The topological polar surface area (TPSA) is 56.5 Å². The molecule has 6 aromatic rings. The molecule has 2 heterocycles. The molecular formula is C34H24FN5. The van der Waals surface area contributed by atoms with Crippen LogP contribution in [0, 0.1) is 0 Å². The molecule has 0 saturated carbocycles. The number of allylic oxidation sites excluding steroid dienone is 4. The Kier molecular flexibility index (Phi) is 6.05. The second-order valence-electron chi connectivity index (χ2n) is 9.65. The van der Waals surface area contributed by atoms with Crippen molar-refractivity contribution < 1.29 is 4.39 Å². The van der Waals surface area contributed by atoms with E-state index in [-0.39, 0.29) is 5.83 Å². The molecule has 0 spiro atoms. The molecule has 0 saturated heterocycles. The highest BCUT2D eigenvalue weighted by Gasteiger charge is 2.19. The van der Waals surface area contributed by atoms with Crippen molar-refractivity contribution in [3.05, 3.63) is 127 Å². The average Bonchev–Trinajstić information content (AvgIpc) is 3.42. The summed E-state index contributed by atoms with van der Waals surface area (Å²) in [4.78, 5) is 19.6. The number of benzene rings is 4.